The van der Waals surface area contributed by atoms with Gasteiger partial charge in [-0.2, -0.15) is 4.98 Å². The Morgan fingerprint density at radius 2 is 2.20 bits per heavy atom. The summed E-state index contributed by atoms with van der Waals surface area (Å²) in [6.07, 6.45) is 1.53. The summed E-state index contributed by atoms with van der Waals surface area (Å²) in [6, 6.07) is 2.99. The van der Waals surface area contributed by atoms with E-state index in [1.807, 2.05) is 0 Å². The van der Waals surface area contributed by atoms with Gasteiger partial charge in [0, 0.05) is 11.8 Å². The second-order valence-corrected chi connectivity index (χ2v) is 4.86. The lowest BCUT2D eigenvalue weighted by molar-refractivity contribution is -0.0266. The molecule has 8 heteroatoms. The summed E-state index contributed by atoms with van der Waals surface area (Å²) in [5.41, 5.74) is 6.30. The number of anilines is 1. The van der Waals surface area contributed by atoms with E-state index in [0.717, 1.165) is 0 Å². The standard InChI is InChI=1S/C12H13F2N5O/c1-7(15)11-17-10(18-20-11)8-2-3-16-9(4-8)19-5-12(13,14)6-19/h2-4,7H,5-6,15H2,1H3/t7-/m0/s1. The van der Waals surface area contributed by atoms with E-state index in [9.17, 15) is 8.78 Å². The molecule has 0 bridgehead atoms. The van der Waals surface area contributed by atoms with Gasteiger partial charge in [-0.15, -0.1) is 0 Å². The van der Waals surface area contributed by atoms with Crippen LogP contribution in [0.1, 0.15) is 18.9 Å². The number of pyridine rings is 1. The zero-order chi connectivity index (χ0) is 14.3. The highest BCUT2D eigenvalue weighted by Gasteiger charge is 2.44. The molecule has 3 rings (SSSR count). The van der Waals surface area contributed by atoms with Crippen LogP contribution in [0.25, 0.3) is 11.4 Å². The maximum atomic E-state index is 12.9. The highest BCUT2D eigenvalue weighted by Crippen LogP contribution is 2.31. The number of aromatic nitrogens is 3. The molecule has 1 fully saturated rings. The highest BCUT2D eigenvalue weighted by atomic mass is 19.3. The van der Waals surface area contributed by atoms with Crippen LogP contribution >= 0.6 is 0 Å². The van der Waals surface area contributed by atoms with E-state index < -0.39 is 5.92 Å². The first-order valence-electron chi connectivity index (χ1n) is 6.13. The second-order valence-electron chi connectivity index (χ2n) is 4.86. The number of hydrogen-bond donors (Lipinski definition) is 1. The number of nitrogens with two attached hydrogens (primary N) is 1. The van der Waals surface area contributed by atoms with Crippen LogP contribution in [0.15, 0.2) is 22.9 Å². The fourth-order valence-electron chi connectivity index (χ4n) is 1.94. The Morgan fingerprint density at radius 1 is 1.45 bits per heavy atom. The fourth-order valence-corrected chi connectivity index (χ4v) is 1.94. The van der Waals surface area contributed by atoms with Crippen LogP contribution in [0.5, 0.6) is 0 Å². The average Bonchev–Trinajstić information content (AvgIpc) is 2.86. The lowest BCUT2D eigenvalue weighted by Gasteiger charge is -2.39. The fraction of sp³-hybridized carbons (Fsp3) is 0.417. The van der Waals surface area contributed by atoms with E-state index in [1.165, 1.54) is 11.1 Å². The smallest absolute Gasteiger partial charge is 0.282 e. The molecule has 0 aliphatic carbocycles. The highest BCUT2D eigenvalue weighted by molar-refractivity contribution is 5.60. The van der Waals surface area contributed by atoms with Gasteiger partial charge in [0.2, 0.25) is 11.7 Å². The van der Waals surface area contributed by atoms with E-state index >= 15 is 0 Å². The van der Waals surface area contributed by atoms with Crippen molar-refractivity contribution < 1.29 is 13.3 Å². The molecule has 0 aromatic carbocycles. The van der Waals surface area contributed by atoms with Crippen molar-refractivity contribution in [2.45, 2.75) is 18.9 Å². The van der Waals surface area contributed by atoms with E-state index in [-0.39, 0.29) is 19.1 Å². The summed E-state index contributed by atoms with van der Waals surface area (Å²) in [6.45, 7) is 1.10. The summed E-state index contributed by atoms with van der Waals surface area (Å²) >= 11 is 0. The van der Waals surface area contributed by atoms with Crippen LogP contribution in [0.4, 0.5) is 14.6 Å². The number of alkyl halides is 2. The van der Waals surface area contributed by atoms with Gasteiger partial charge in [-0.1, -0.05) is 5.16 Å². The molecule has 0 unspecified atom stereocenters. The maximum Gasteiger partial charge on any atom is 0.282 e. The summed E-state index contributed by atoms with van der Waals surface area (Å²) in [7, 11) is 0. The van der Waals surface area contributed by atoms with Crippen molar-refractivity contribution >= 4 is 5.82 Å². The first-order valence-corrected chi connectivity index (χ1v) is 6.13. The van der Waals surface area contributed by atoms with Crippen molar-refractivity contribution in [2.24, 2.45) is 5.73 Å². The van der Waals surface area contributed by atoms with E-state index in [1.54, 1.807) is 19.1 Å². The number of rotatable bonds is 3. The first-order chi connectivity index (χ1) is 9.44. The van der Waals surface area contributed by atoms with Crippen molar-refractivity contribution in [3.05, 3.63) is 24.2 Å². The molecule has 20 heavy (non-hydrogen) atoms. The quantitative estimate of drug-likeness (QED) is 0.920. The largest absolute Gasteiger partial charge is 0.344 e. The molecule has 0 saturated carbocycles. The Balaban J connectivity index is 1.84. The Kier molecular flexibility index (Phi) is 2.89. The minimum atomic E-state index is -2.63. The van der Waals surface area contributed by atoms with Gasteiger partial charge in [-0.05, 0) is 19.1 Å². The molecule has 0 spiro atoms. The van der Waals surface area contributed by atoms with Gasteiger partial charge in [0.15, 0.2) is 0 Å². The van der Waals surface area contributed by atoms with Gasteiger partial charge in [0.25, 0.3) is 5.92 Å². The molecular weight excluding hydrogens is 268 g/mol. The van der Waals surface area contributed by atoms with Gasteiger partial charge in [-0.3, -0.25) is 0 Å². The zero-order valence-corrected chi connectivity index (χ0v) is 10.8. The van der Waals surface area contributed by atoms with Gasteiger partial charge in [0.05, 0.1) is 19.1 Å². The predicted molar refractivity (Wildman–Crippen MR) is 67.3 cm³/mol. The molecule has 2 aromatic rings. The third-order valence-corrected chi connectivity index (χ3v) is 3.00. The van der Waals surface area contributed by atoms with Crippen LogP contribution in [0.2, 0.25) is 0 Å². The Labute approximate surface area is 113 Å². The Morgan fingerprint density at radius 3 is 2.80 bits per heavy atom. The van der Waals surface area contributed by atoms with E-state index in [4.69, 9.17) is 10.3 Å². The lowest BCUT2D eigenvalue weighted by Crippen LogP contribution is -2.56. The molecule has 6 nitrogen and oxygen atoms in total. The van der Waals surface area contributed by atoms with Crippen LogP contribution in [0, 0.1) is 0 Å². The van der Waals surface area contributed by atoms with Crippen LogP contribution in [-0.4, -0.2) is 34.1 Å². The maximum absolute atomic E-state index is 12.9. The minimum absolute atomic E-state index is 0.319. The molecular formula is C12H13F2N5O. The van der Waals surface area contributed by atoms with Crippen LogP contribution < -0.4 is 10.6 Å². The third kappa shape index (κ3) is 2.34. The summed E-state index contributed by atoms with van der Waals surface area (Å²) < 4.78 is 30.7. The summed E-state index contributed by atoms with van der Waals surface area (Å²) in [4.78, 5) is 9.73. The van der Waals surface area contributed by atoms with Gasteiger partial charge >= 0.3 is 0 Å². The van der Waals surface area contributed by atoms with Crippen molar-refractivity contribution in [1.29, 1.82) is 0 Å². The number of halogens is 2. The summed E-state index contributed by atoms with van der Waals surface area (Å²) in [5, 5.41) is 3.82. The molecule has 106 valence electrons. The van der Waals surface area contributed by atoms with Crippen LogP contribution in [-0.2, 0) is 0 Å². The Hall–Kier alpha value is -2.09. The molecule has 0 amide bonds. The van der Waals surface area contributed by atoms with Gasteiger partial charge in [-0.25, -0.2) is 13.8 Å². The minimum Gasteiger partial charge on any atom is -0.344 e. The van der Waals surface area contributed by atoms with E-state index in [0.29, 0.717) is 23.1 Å². The van der Waals surface area contributed by atoms with Crippen molar-refractivity contribution in [3.8, 4) is 11.4 Å². The van der Waals surface area contributed by atoms with Crippen LogP contribution in [0.3, 0.4) is 0 Å². The molecule has 1 saturated heterocycles. The molecule has 3 heterocycles. The molecule has 1 atom stereocenters. The number of nitrogens with zero attached hydrogens (tertiary/aromatic N) is 4. The molecule has 1 aliphatic rings. The van der Waals surface area contributed by atoms with Gasteiger partial charge in [0.1, 0.15) is 5.82 Å². The van der Waals surface area contributed by atoms with E-state index in [2.05, 4.69) is 15.1 Å². The monoisotopic (exact) mass is 281 g/mol. The normalized spacial score (nSPS) is 18.7. The zero-order valence-electron chi connectivity index (χ0n) is 10.8. The van der Waals surface area contributed by atoms with Crippen molar-refractivity contribution in [2.75, 3.05) is 18.0 Å². The SMILES string of the molecule is C[C@H](N)c1nc(-c2ccnc(N3CC(F)(F)C3)c2)no1. The topological polar surface area (TPSA) is 81.1 Å². The molecule has 0 radical (unpaired) electrons. The Bertz CT molecular complexity index is 620. The molecule has 2 N–H and O–H groups in total. The first kappa shape index (κ1) is 12.9. The number of hydrogen-bond acceptors (Lipinski definition) is 6. The van der Waals surface area contributed by atoms with Crippen molar-refractivity contribution in [1.82, 2.24) is 15.1 Å². The second kappa shape index (κ2) is 4.48. The van der Waals surface area contributed by atoms with Crippen molar-refractivity contribution in [3.63, 3.8) is 0 Å². The summed E-state index contributed by atoms with van der Waals surface area (Å²) in [5.74, 6) is -1.46. The molecule has 2 aromatic heterocycles. The molecule has 1 aliphatic heterocycles. The lowest BCUT2D eigenvalue weighted by atomic mass is 10.1. The predicted octanol–water partition coefficient (Wildman–Crippen LogP) is 1.61. The third-order valence-electron chi connectivity index (χ3n) is 3.00. The average molecular weight is 281 g/mol. The van der Waals surface area contributed by atoms with Gasteiger partial charge < -0.3 is 15.2 Å².